The second-order valence-corrected chi connectivity index (χ2v) is 9.89. The van der Waals surface area contributed by atoms with Crippen LogP contribution in [0.3, 0.4) is 0 Å². The molecule has 30 heavy (non-hydrogen) atoms. The van der Waals surface area contributed by atoms with Gasteiger partial charge in [0.15, 0.2) is 5.13 Å². The van der Waals surface area contributed by atoms with E-state index in [2.05, 4.69) is 59.5 Å². The number of thiazole rings is 1. The van der Waals surface area contributed by atoms with Gasteiger partial charge < -0.3 is 10.2 Å². The van der Waals surface area contributed by atoms with E-state index < -0.39 is 0 Å². The van der Waals surface area contributed by atoms with Gasteiger partial charge in [-0.05, 0) is 42.9 Å². The van der Waals surface area contributed by atoms with E-state index in [0.717, 1.165) is 62.1 Å². The van der Waals surface area contributed by atoms with Crippen molar-refractivity contribution in [2.45, 2.75) is 58.9 Å². The number of amides is 1. The molecule has 2 aliphatic rings. The Morgan fingerprint density at radius 1 is 1.20 bits per heavy atom. The fraction of sp³-hybridized carbons (Fsp3) is 0.583. The molecule has 0 unspecified atom stereocenters. The minimum atomic E-state index is 0.295. The van der Waals surface area contributed by atoms with Gasteiger partial charge in [-0.3, -0.25) is 9.69 Å². The van der Waals surface area contributed by atoms with Gasteiger partial charge in [0.2, 0.25) is 5.91 Å². The summed E-state index contributed by atoms with van der Waals surface area (Å²) in [6.45, 7) is 11.1. The Balaban J connectivity index is 1.35. The van der Waals surface area contributed by atoms with Crippen molar-refractivity contribution in [2.24, 2.45) is 5.92 Å². The van der Waals surface area contributed by atoms with E-state index in [1.807, 2.05) is 0 Å². The van der Waals surface area contributed by atoms with Crippen LogP contribution in [-0.4, -0.2) is 46.9 Å². The van der Waals surface area contributed by atoms with E-state index in [9.17, 15) is 4.79 Å². The van der Waals surface area contributed by atoms with Gasteiger partial charge in [0, 0.05) is 49.7 Å². The summed E-state index contributed by atoms with van der Waals surface area (Å²) in [5.41, 5.74) is 4.90. The molecular formula is C24H34N4OS. The Labute approximate surface area is 184 Å². The Hall–Kier alpha value is -1.92. The molecule has 4 rings (SSSR count). The second kappa shape index (κ2) is 9.48. The summed E-state index contributed by atoms with van der Waals surface area (Å²) in [4.78, 5) is 22.0. The maximum absolute atomic E-state index is 12.7. The topological polar surface area (TPSA) is 48.5 Å². The van der Waals surface area contributed by atoms with Gasteiger partial charge >= 0.3 is 0 Å². The summed E-state index contributed by atoms with van der Waals surface area (Å²) in [6, 6.07) is 6.48. The van der Waals surface area contributed by atoms with Crippen LogP contribution < -0.4 is 5.32 Å². The number of aromatic nitrogens is 1. The number of rotatable bonds is 6. The highest BCUT2D eigenvalue weighted by Crippen LogP contribution is 2.29. The molecule has 1 saturated heterocycles. The van der Waals surface area contributed by atoms with Crippen molar-refractivity contribution in [2.75, 3.05) is 31.5 Å². The Kier molecular flexibility index (Phi) is 6.74. The molecule has 2 heterocycles. The number of nitrogens with zero attached hydrogens (tertiary/aromatic N) is 3. The molecule has 1 saturated carbocycles. The van der Waals surface area contributed by atoms with Gasteiger partial charge in [-0.2, -0.15) is 0 Å². The molecule has 1 aromatic carbocycles. The van der Waals surface area contributed by atoms with E-state index in [-0.39, 0.29) is 0 Å². The van der Waals surface area contributed by atoms with Crippen molar-refractivity contribution in [3.8, 4) is 0 Å². The van der Waals surface area contributed by atoms with Crippen LogP contribution in [0.25, 0.3) is 0 Å². The molecule has 1 aliphatic carbocycles. The minimum absolute atomic E-state index is 0.295. The SMILES string of the molecule is Cc1c(CN2CCN(C(=O)C3CCCC3)CC2)cccc1Nc1nc(C(C)C)cs1. The average molecular weight is 427 g/mol. The first-order valence-corrected chi connectivity index (χ1v) is 12.2. The van der Waals surface area contributed by atoms with E-state index in [1.54, 1.807) is 11.3 Å². The highest BCUT2D eigenvalue weighted by molar-refractivity contribution is 7.13. The first kappa shape index (κ1) is 21.3. The van der Waals surface area contributed by atoms with Crippen LogP contribution in [0.4, 0.5) is 10.8 Å². The molecule has 0 radical (unpaired) electrons. The summed E-state index contributed by atoms with van der Waals surface area (Å²) in [5.74, 6) is 1.14. The molecule has 6 heteroatoms. The molecular weight excluding hydrogens is 392 g/mol. The summed E-state index contributed by atoms with van der Waals surface area (Å²) >= 11 is 1.67. The number of hydrogen-bond acceptors (Lipinski definition) is 5. The first-order valence-electron chi connectivity index (χ1n) is 11.3. The zero-order valence-corrected chi connectivity index (χ0v) is 19.3. The summed E-state index contributed by atoms with van der Waals surface area (Å²) in [6.07, 6.45) is 4.63. The van der Waals surface area contributed by atoms with Gasteiger partial charge in [0.05, 0.1) is 5.69 Å². The van der Waals surface area contributed by atoms with Crippen LogP contribution in [0.5, 0.6) is 0 Å². The molecule has 1 aromatic heterocycles. The number of carbonyl (C=O) groups excluding carboxylic acids is 1. The monoisotopic (exact) mass is 426 g/mol. The van der Waals surface area contributed by atoms with E-state index in [0.29, 0.717) is 17.7 Å². The molecule has 1 amide bonds. The van der Waals surface area contributed by atoms with Crippen LogP contribution in [0.15, 0.2) is 23.6 Å². The fourth-order valence-corrected chi connectivity index (χ4v) is 5.40. The maximum Gasteiger partial charge on any atom is 0.225 e. The largest absolute Gasteiger partial charge is 0.340 e. The Bertz CT molecular complexity index is 864. The minimum Gasteiger partial charge on any atom is -0.340 e. The maximum atomic E-state index is 12.7. The normalized spacial score (nSPS) is 18.3. The van der Waals surface area contributed by atoms with Crippen LogP contribution in [-0.2, 0) is 11.3 Å². The fourth-order valence-electron chi connectivity index (χ4n) is 4.51. The third kappa shape index (κ3) is 4.86. The molecule has 2 fully saturated rings. The lowest BCUT2D eigenvalue weighted by Gasteiger charge is -2.36. The molecule has 0 bridgehead atoms. The van der Waals surface area contributed by atoms with Crippen molar-refractivity contribution >= 4 is 28.1 Å². The molecule has 0 atom stereocenters. The predicted octanol–water partition coefficient (Wildman–Crippen LogP) is 5.15. The van der Waals surface area contributed by atoms with Gasteiger partial charge in [-0.1, -0.05) is 38.8 Å². The van der Waals surface area contributed by atoms with E-state index in [4.69, 9.17) is 4.98 Å². The lowest BCUT2D eigenvalue weighted by Crippen LogP contribution is -2.49. The van der Waals surface area contributed by atoms with Gasteiger partial charge in [0.25, 0.3) is 0 Å². The predicted molar refractivity (Wildman–Crippen MR) is 124 cm³/mol. The number of piperazine rings is 1. The Morgan fingerprint density at radius 3 is 2.60 bits per heavy atom. The number of benzene rings is 1. The quantitative estimate of drug-likeness (QED) is 0.694. The van der Waals surface area contributed by atoms with Crippen molar-refractivity contribution in [1.29, 1.82) is 0 Å². The van der Waals surface area contributed by atoms with Crippen molar-refractivity contribution in [3.05, 3.63) is 40.4 Å². The lowest BCUT2D eigenvalue weighted by atomic mass is 10.0. The number of anilines is 2. The van der Waals surface area contributed by atoms with Crippen molar-refractivity contribution in [3.63, 3.8) is 0 Å². The van der Waals surface area contributed by atoms with Gasteiger partial charge in [-0.25, -0.2) is 4.98 Å². The Morgan fingerprint density at radius 2 is 1.93 bits per heavy atom. The van der Waals surface area contributed by atoms with Crippen LogP contribution in [0.1, 0.15) is 62.3 Å². The number of nitrogens with one attached hydrogen (secondary N) is 1. The van der Waals surface area contributed by atoms with Crippen LogP contribution in [0.2, 0.25) is 0 Å². The molecule has 2 aromatic rings. The molecule has 5 nitrogen and oxygen atoms in total. The molecule has 162 valence electrons. The third-order valence-corrected chi connectivity index (χ3v) is 7.36. The standard InChI is InChI=1S/C24H34N4OS/c1-17(2)22-16-30-24(26-22)25-21-10-6-9-20(18(21)3)15-27-11-13-28(14-12-27)23(29)19-7-4-5-8-19/h6,9-10,16-17,19H,4-5,7-8,11-15H2,1-3H3,(H,25,26). The van der Waals surface area contributed by atoms with E-state index in [1.165, 1.54) is 24.0 Å². The second-order valence-electron chi connectivity index (χ2n) is 9.03. The highest BCUT2D eigenvalue weighted by atomic mass is 32.1. The summed E-state index contributed by atoms with van der Waals surface area (Å²) in [5, 5.41) is 6.61. The van der Waals surface area contributed by atoms with Crippen LogP contribution in [0, 0.1) is 12.8 Å². The zero-order valence-electron chi connectivity index (χ0n) is 18.5. The highest BCUT2D eigenvalue weighted by Gasteiger charge is 2.29. The van der Waals surface area contributed by atoms with Gasteiger partial charge in [-0.15, -0.1) is 11.3 Å². The summed E-state index contributed by atoms with van der Waals surface area (Å²) in [7, 11) is 0. The smallest absolute Gasteiger partial charge is 0.225 e. The number of hydrogen-bond donors (Lipinski definition) is 1. The number of carbonyl (C=O) groups is 1. The molecule has 0 spiro atoms. The summed E-state index contributed by atoms with van der Waals surface area (Å²) < 4.78 is 0. The van der Waals surface area contributed by atoms with E-state index >= 15 is 0 Å². The lowest BCUT2D eigenvalue weighted by molar-refractivity contribution is -0.137. The third-order valence-electron chi connectivity index (χ3n) is 6.58. The molecule has 1 aliphatic heterocycles. The average Bonchev–Trinajstić information content (AvgIpc) is 3.43. The van der Waals surface area contributed by atoms with Crippen LogP contribution >= 0.6 is 11.3 Å². The first-order chi connectivity index (χ1) is 14.5. The zero-order chi connectivity index (χ0) is 21.1. The molecule has 1 N–H and O–H groups in total. The van der Waals surface area contributed by atoms with Crippen molar-refractivity contribution < 1.29 is 4.79 Å². The van der Waals surface area contributed by atoms with Crippen molar-refractivity contribution in [1.82, 2.24) is 14.8 Å². The van der Waals surface area contributed by atoms with Gasteiger partial charge in [0.1, 0.15) is 0 Å².